The van der Waals surface area contributed by atoms with Crippen LogP contribution in [0.5, 0.6) is 0 Å². The molecule has 3 rings (SSSR count). The number of nitrogens with zero attached hydrogens (tertiary/aromatic N) is 5. The molecule has 3 aromatic rings. The quantitative estimate of drug-likeness (QED) is 0.742. The lowest BCUT2D eigenvalue weighted by molar-refractivity contribution is 0.653. The van der Waals surface area contributed by atoms with Crippen LogP contribution in [0, 0.1) is 0 Å². The van der Waals surface area contributed by atoms with Crippen molar-refractivity contribution in [2.45, 2.75) is 6.54 Å². The first-order valence-electron chi connectivity index (χ1n) is 6.92. The van der Waals surface area contributed by atoms with E-state index in [0.717, 1.165) is 22.6 Å². The summed E-state index contributed by atoms with van der Waals surface area (Å²) in [4.78, 5) is 2.05. The summed E-state index contributed by atoms with van der Waals surface area (Å²) in [6.07, 6.45) is 0. The van der Waals surface area contributed by atoms with Gasteiger partial charge in [-0.25, -0.2) is 4.68 Å². The Labute approximate surface area is 134 Å². The Kier molecular flexibility index (Phi) is 4.06. The number of anilines is 1. The smallest absolute Gasteiger partial charge is 0.182 e. The van der Waals surface area contributed by atoms with Crippen molar-refractivity contribution in [3.8, 4) is 11.4 Å². The first-order valence-corrected chi connectivity index (χ1v) is 7.30. The molecule has 0 atom stereocenters. The topological polar surface area (TPSA) is 46.8 Å². The monoisotopic (exact) mass is 313 g/mol. The third kappa shape index (κ3) is 2.94. The van der Waals surface area contributed by atoms with E-state index in [9.17, 15) is 0 Å². The summed E-state index contributed by atoms with van der Waals surface area (Å²) in [5, 5.41) is 12.7. The van der Waals surface area contributed by atoms with E-state index in [1.54, 1.807) is 4.68 Å². The molecular formula is C16H16ClN5. The molecule has 2 aromatic carbocycles. The largest absolute Gasteiger partial charge is 0.378 e. The third-order valence-corrected chi connectivity index (χ3v) is 3.82. The zero-order chi connectivity index (χ0) is 15.5. The molecule has 1 aromatic heterocycles. The van der Waals surface area contributed by atoms with Gasteiger partial charge in [-0.3, -0.25) is 0 Å². The number of benzene rings is 2. The molecule has 0 saturated carbocycles. The summed E-state index contributed by atoms with van der Waals surface area (Å²) < 4.78 is 1.76. The maximum Gasteiger partial charge on any atom is 0.182 e. The Morgan fingerprint density at radius 3 is 2.45 bits per heavy atom. The van der Waals surface area contributed by atoms with Gasteiger partial charge in [-0.2, -0.15) is 0 Å². The number of hydrogen-bond donors (Lipinski definition) is 0. The summed E-state index contributed by atoms with van der Waals surface area (Å²) in [6.45, 7) is 0.539. The highest BCUT2D eigenvalue weighted by atomic mass is 35.5. The Balaban J connectivity index is 1.90. The molecule has 0 radical (unpaired) electrons. The maximum atomic E-state index is 6.21. The molecule has 0 unspecified atom stereocenters. The molecule has 1 heterocycles. The number of tetrazole rings is 1. The number of aromatic nitrogens is 4. The minimum absolute atomic E-state index is 0.539. The molecule has 0 amide bonds. The van der Waals surface area contributed by atoms with Crippen LogP contribution in [0.15, 0.2) is 48.5 Å². The van der Waals surface area contributed by atoms with Crippen molar-refractivity contribution in [3.63, 3.8) is 0 Å². The van der Waals surface area contributed by atoms with E-state index in [0.29, 0.717) is 11.6 Å². The molecule has 5 nitrogen and oxygen atoms in total. The van der Waals surface area contributed by atoms with Gasteiger partial charge in [0.1, 0.15) is 0 Å². The highest BCUT2D eigenvalue weighted by Crippen LogP contribution is 2.22. The second kappa shape index (κ2) is 6.15. The van der Waals surface area contributed by atoms with Crippen LogP contribution in [0.1, 0.15) is 5.56 Å². The van der Waals surface area contributed by atoms with E-state index in [-0.39, 0.29) is 0 Å². The minimum Gasteiger partial charge on any atom is -0.378 e. The van der Waals surface area contributed by atoms with E-state index in [1.807, 2.05) is 62.6 Å². The zero-order valence-corrected chi connectivity index (χ0v) is 13.2. The van der Waals surface area contributed by atoms with Crippen LogP contribution >= 0.6 is 11.6 Å². The van der Waals surface area contributed by atoms with Gasteiger partial charge in [-0.1, -0.05) is 29.8 Å². The van der Waals surface area contributed by atoms with Crippen molar-refractivity contribution in [1.29, 1.82) is 0 Å². The second-order valence-electron chi connectivity index (χ2n) is 5.19. The molecule has 0 aliphatic heterocycles. The summed E-state index contributed by atoms with van der Waals surface area (Å²) in [5.41, 5.74) is 3.10. The normalized spacial score (nSPS) is 10.7. The first-order chi connectivity index (χ1) is 10.6. The van der Waals surface area contributed by atoms with Gasteiger partial charge in [0.2, 0.25) is 0 Å². The van der Waals surface area contributed by atoms with Gasteiger partial charge < -0.3 is 4.90 Å². The minimum atomic E-state index is 0.539. The highest BCUT2D eigenvalue weighted by Gasteiger charge is 2.11. The van der Waals surface area contributed by atoms with Crippen LogP contribution in [-0.4, -0.2) is 34.3 Å². The molecule has 0 fully saturated rings. The number of halogens is 1. The van der Waals surface area contributed by atoms with Crippen molar-refractivity contribution >= 4 is 17.3 Å². The summed E-state index contributed by atoms with van der Waals surface area (Å²) in [5.74, 6) is 0.727. The lowest BCUT2D eigenvalue weighted by Gasteiger charge is -2.12. The van der Waals surface area contributed by atoms with Crippen LogP contribution in [0.4, 0.5) is 5.69 Å². The number of rotatable bonds is 4. The zero-order valence-electron chi connectivity index (χ0n) is 12.4. The molecule has 112 valence electrons. The predicted octanol–water partition coefficient (Wildman–Crippen LogP) is 3.11. The molecule has 0 N–H and O–H groups in total. The van der Waals surface area contributed by atoms with Crippen LogP contribution in [0.2, 0.25) is 5.02 Å². The molecule has 22 heavy (non-hydrogen) atoms. The fraction of sp³-hybridized carbons (Fsp3) is 0.188. The average molecular weight is 314 g/mol. The Bertz CT molecular complexity index is 764. The lowest BCUT2D eigenvalue weighted by atomic mass is 10.1. The molecule has 0 aliphatic carbocycles. The summed E-state index contributed by atoms with van der Waals surface area (Å²) >= 11 is 6.21. The van der Waals surface area contributed by atoms with Gasteiger partial charge in [0.05, 0.1) is 6.54 Å². The van der Waals surface area contributed by atoms with E-state index in [2.05, 4.69) is 20.4 Å². The van der Waals surface area contributed by atoms with Crippen LogP contribution in [-0.2, 0) is 6.54 Å². The van der Waals surface area contributed by atoms with Gasteiger partial charge in [-0.05, 0) is 46.3 Å². The van der Waals surface area contributed by atoms with Gasteiger partial charge in [0, 0.05) is 30.4 Å². The van der Waals surface area contributed by atoms with Gasteiger partial charge in [0.25, 0.3) is 0 Å². The van der Waals surface area contributed by atoms with Crippen molar-refractivity contribution in [2.75, 3.05) is 19.0 Å². The Morgan fingerprint density at radius 1 is 1.05 bits per heavy atom. The maximum absolute atomic E-state index is 6.21. The standard InChI is InChI=1S/C16H16ClN5/c1-21(2)14-9-7-12(8-10-14)16-18-19-20-22(16)11-13-5-3-4-6-15(13)17/h3-10H,11H2,1-2H3. The van der Waals surface area contributed by atoms with Gasteiger partial charge in [-0.15, -0.1) is 5.10 Å². The highest BCUT2D eigenvalue weighted by molar-refractivity contribution is 6.31. The van der Waals surface area contributed by atoms with Crippen molar-refractivity contribution < 1.29 is 0 Å². The predicted molar refractivity (Wildman–Crippen MR) is 88.1 cm³/mol. The van der Waals surface area contributed by atoms with Crippen molar-refractivity contribution in [3.05, 3.63) is 59.1 Å². The van der Waals surface area contributed by atoms with Gasteiger partial charge in [0.15, 0.2) is 5.82 Å². The summed E-state index contributed by atoms with van der Waals surface area (Å²) in [7, 11) is 4.02. The number of hydrogen-bond acceptors (Lipinski definition) is 4. The van der Waals surface area contributed by atoms with Gasteiger partial charge >= 0.3 is 0 Å². The van der Waals surface area contributed by atoms with Crippen molar-refractivity contribution in [1.82, 2.24) is 20.2 Å². The van der Waals surface area contributed by atoms with E-state index >= 15 is 0 Å². The van der Waals surface area contributed by atoms with E-state index in [1.165, 1.54) is 0 Å². The average Bonchev–Trinajstić information content (AvgIpc) is 2.98. The summed E-state index contributed by atoms with van der Waals surface area (Å²) in [6, 6.07) is 15.8. The SMILES string of the molecule is CN(C)c1ccc(-c2nnnn2Cc2ccccc2Cl)cc1. The molecular weight excluding hydrogens is 298 g/mol. The lowest BCUT2D eigenvalue weighted by Crippen LogP contribution is -2.08. The Hall–Kier alpha value is -2.40. The fourth-order valence-corrected chi connectivity index (χ4v) is 2.41. The van der Waals surface area contributed by atoms with Crippen LogP contribution < -0.4 is 4.90 Å². The van der Waals surface area contributed by atoms with Crippen LogP contribution in [0.3, 0.4) is 0 Å². The molecule has 0 bridgehead atoms. The second-order valence-corrected chi connectivity index (χ2v) is 5.60. The molecule has 0 saturated heterocycles. The molecule has 0 spiro atoms. The molecule has 0 aliphatic rings. The first kappa shape index (κ1) is 14.5. The fourth-order valence-electron chi connectivity index (χ4n) is 2.21. The van der Waals surface area contributed by atoms with Crippen molar-refractivity contribution in [2.24, 2.45) is 0 Å². The van der Waals surface area contributed by atoms with E-state index < -0.39 is 0 Å². The molecule has 6 heteroatoms. The van der Waals surface area contributed by atoms with E-state index in [4.69, 9.17) is 11.6 Å². The Morgan fingerprint density at radius 2 is 1.77 bits per heavy atom. The third-order valence-electron chi connectivity index (χ3n) is 3.45. The van der Waals surface area contributed by atoms with Crippen LogP contribution in [0.25, 0.3) is 11.4 Å².